The van der Waals surface area contributed by atoms with E-state index in [2.05, 4.69) is 6.58 Å². The van der Waals surface area contributed by atoms with Crippen molar-refractivity contribution in [3.8, 4) is 5.75 Å². The van der Waals surface area contributed by atoms with Gasteiger partial charge in [0.25, 0.3) is 5.43 Å². The summed E-state index contributed by atoms with van der Waals surface area (Å²) in [5.74, 6) is 0.188. The molecule has 0 amide bonds. The molecule has 1 aromatic carbocycles. The smallest absolute Gasteiger partial charge is 0.268 e. The van der Waals surface area contributed by atoms with E-state index >= 15 is 0 Å². The average molecular weight is 180 g/mol. The lowest BCUT2D eigenvalue weighted by molar-refractivity contribution is 0.302. The molecular weight excluding hydrogens is 168 g/mol. The molecule has 3 nitrogen and oxygen atoms in total. The maximum Gasteiger partial charge on any atom is 0.268 e. The fourth-order valence-electron chi connectivity index (χ4n) is 1.04. The van der Waals surface area contributed by atoms with Gasteiger partial charge in [0.1, 0.15) is 0 Å². The lowest BCUT2D eigenvalue weighted by Crippen LogP contribution is -2.35. The van der Waals surface area contributed by atoms with Gasteiger partial charge in [0, 0.05) is 0 Å². The average Bonchev–Trinajstić information content (AvgIpc) is 2.16. The summed E-state index contributed by atoms with van der Waals surface area (Å²) in [5.41, 5.74) is -0.686. The van der Waals surface area contributed by atoms with Crippen molar-refractivity contribution in [2.75, 3.05) is 6.61 Å². The van der Waals surface area contributed by atoms with Crippen molar-refractivity contribution in [2.24, 2.45) is 0 Å². The Bertz CT molecular complexity index is 369. The largest absolute Gasteiger partial charge is 0.489 e. The fraction of sp³-hybridized carbons (Fsp3) is 0.400. The summed E-state index contributed by atoms with van der Waals surface area (Å²) in [6, 6.07) is 0. The van der Waals surface area contributed by atoms with Crippen LogP contribution in [-0.2, 0) is 0 Å². The molecule has 0 saturated heterocycles. The molecule has 1 aromatic rings. The molecule has 0 atom stereocenters. The molecule has 0 aliphatic carbocycles. The molecule has 1 rings (SSSR count). The lowest BCUT2D eigenvalue weighted by atomic mass is 10.1. The maximum absolute atomic E-state index is 10.9. The molecule has 0 saturated carbocycles. The van der Waals surface area contributed by atoms with Crippen LogP contribution < -0.4 is 15.6 Å². The Labute approximate surface area is 76.3 Å². The highest BCUT2D eigenvalue weighted by molar-refractivity contribution is 5.59. The molecule has 0 aromatic heterocycles. The van der Waals surface area contributed by atoms with Gasteiger partial charge in [-0.1, -0.05) is 26.0 Å². The van der Waals surface area contributed by atoms with Gasteiger partial charge in [-0.15, -0.1) is 0 Å². The van der Waals surface area contributed by atoms with Crippen LogP contribution in [0, 0.1) is 0 Å². The van der Waals surface area contributed by atoms with Gasteiger partial charge in [-0.25, -0.2) is 0 Å². The SMILES string of the molecule is C=Cc1c(OCCCC)c(=O)c1=O. The number of ether oxygens (including phenoxy) is 1. The monoisotopic (exact) mass is 180 g/mol. The minimum atomic E-state index is -0.522. The van der Waals surface area contributed by atoms with Gasteiger partial charge < -0.3 is 4.74 Å². The Balaban J connectivity index is 2.68. The maximum atomic E-state index is 10.9. The standard InChI is InChI=1S/C10H12O3/c1-3-5-6-13-10-7(4-2)8(11)9(10)12/h4H,2-3,5-6H2,1H3. The Morgan fingerprint density at radius 3 is 2.62 bits per heavy atom. The van der Waals surface area contributed by atoms with E-state index < -0.39 is 10.9 Å². The van der Waals surface area contributed by atoms with Crippen molar-refractivity contribution in [3.05, 3.63) is 32.6 Å². The third-order valence-electron chi connectivity index (χ3n) is 1.85. The fourth-order valence-corrected chi connectivity index (χ4v) is 1.04. The highest BCUT2D eigenvalue weighted by Gasteiger charge is 2.19. The van der Waals surface area contributed by atoms with E-state index in [0.29, 0.717) is 12.2 Å². The van der Waals surface area contributed by atoms with Gasteiger partial charge in [-0.05, 0) is 6.42 Å². The quantitative estimate of drug-likeness (QED) is 0.503. The zero-order chi connectivity index (χ0) is 9.84. The number of rotatable bonds is 5. The van der Waals surface area contributed by atoms with Crippen LogP contribution in [0.5, 0.6) is 5.75 Å². The van der Waals surface area contributed by atoms with Crippen LogP contribution in [0.2, 0.25) is 0 Å². The van der Waals surface area contributed by atoms with Crippen LogP contribution in [0.15, 0.2) is 16.2 Å². The first-order valence-corrected chi connectivity index (χ1v) is 4.31. The lowest BCUT2D eigenvalue weighted by Gasteiger charge is -2.08. The molecular formula is C10H12O3. The van der Waals surface area contributed by atoms with Crippen molar-refractivity contribution in [3.63, 3.8) is 0 Å². The summed E-state index contributed by atoms with van der Waals surface area (Å²) >= 11 is 0. The van der Waals surface area contributed by atoms with E-state index in [1.807, 2.05) is 6.92 Å². The van der Waals surface area contributed by atoms with Gasteiger partial charge >= 0.3 is 0 Å². The minimum Gasteiger partial charge on any atom is -0.489 e. The predicted octanol–water partition coefficient (Wildman–Crippen LogP) is 1.10. The first-order chi connectivity index (χ1) is 6.22. The summed E-state index contributed by atoms with van der Waals surface area (Å²) in [4.78, 5) is 21.8. The summed E-state index contributed by atoms with van der Waals surface area (Å²) in [6.07, 6.45) is 3.25. The third-order valence-corrected chi connectivity index (χ3v) is 1.85. The van der Waals surface area contributed by atoms with E-state index in [1.165, 1.54) is 6.08 Å². The number of unbranched alkanes of at least 4 members (excludes halogenated alkanes) is 1. The molecule has 3 heteroatoms. The van der Waals surface area contributed by atoms with E-state index in [4.69, 9.17) is 4.74 Å². The molecule has 0 spiro atoms. The summed E-state index contributed by atoms with van der Waals surface area (Å²) in [7, 11) is 0. The van der Waals surface area contributed by atoms with Crippen molar-refractivity contribution < 1.29 is 4.74 Å². The van der Waals surface area contributed by atoms with Crippen LogP contribution in [-0.4, -0.2) is 6.61 Å². The van der Waals surface area contributed by atoms with E-state index in [0.717, 1.165) is 12.8 Å². The number of hydrogen-bond acceptors (Lipinski definition) is 3. The molecule has 0 N–H and O–H groups in total. The first kappa shape index (κ1) is 9.71. The molecule has 0 heterocycles. The summed E-state index contributed by atoms with van der Waals surface area (Å²) in [6.45, 7) is 5.95. The minimum absolute atomic E-state index is 0.188. The summed E-state index contributed by atoms with van der Waals surface area (Å²) in [5, 5.41) is 0. The van der Waals surface area contributed by atoms with Gasteiger partial charge in [0.05, 0.1) is 12.2 Å². The second-order valence-corrected chi connectivity index (χ2v) is 2.81. The van der Waals surface area contributed by atoms with Gasteiger partial charge in [0.2, 0.25) is 5.43 Å². The molecule has 0 bridgehead atoms. The topological polar surface area (TPSA) is 43.4 Å². The predicted molar refractivity (Wildman–Crippen MR) is 51.8 cm³/mol. The van der Waals surface area contributed by atoms with Crippen molar-refractivity contribution in [1.82, 2.24) is 0 Å². The molecule has 0 aliphatic rings. The van der Waals surface area contributed by atoms with Gasteiger partial charge in [-0.2, -0.15) is 0 Å². The molecule has 13 heavy (non-hydrogen) atoms. The van der Waals surface area contributed by atoms with Crippen LogP contribution in [0.4, 0.5) is 0 Å². The second kappa shape index (κ2) is 4.03. The van der Waals surface area contributed by atoms with Crippen molar-refractivity contribution >= 4 is 6.08 Å². The van der Waals surface area contributed by atoms with E-state index in [1.54, 1.807) is 0 Å². The van der Waals surface area contributed by atoms with Crippen LogP contribution >= 0.6 is 0 Å². The molecule has 0 unspecified atom stereocenters. The van der Waals surface area contributed by atoms with Gasteiger partial charge in [-0.3, -0.25) is 9.59 Å². The van der Waals surface area contributed by atoms with Gasteiger partial charge in [0.15, 0.2) is 5.75 Å². The Morgan fingerprint density at radius 1 is 1.38 bits per heavy atom. The molecule has 70 valence electrons. The normalized spacial score (nSPS) is 10.2. The molecule has 0 radical (unpaired) electrons. The third kappa shape index (κ3) is 1.69. The van der Waals surface area contributed by atoms with Crippen LogP contribution in [0.25, 0.3) is 6.08 Å². The van der Waals surface area contributed by atoms with Crippen LogP contribution in [0.1, 0.15) is 25.3 Å². The Morgan fingerprint density at radius 2 is 2.08 bits per heavy atom. The highest BCUT2D eigenvalue weighted by atomic mass is 16.5. The zero-order valence-corrected chi connectivity index (χ0v) is 7.63. The van der Waals surface area contributed by atoms with E-state index in [-0.39, 0.29) is 5.75 Å². The van der Waals surface area contributed by atoms with Crippen LogP contribution in [0.3, 0.4) is 0 Å². The molecule has 0 fully saturated rings. The Hall–Kier alpha value is -1.38. The van der Waals surface area contributed by atoms with Crippen molar-refractivity contribution in [1.29, 1.82) is 0 Å². The van der Waals surface area contributed by atoms with E-state index in [9.17, 15) is 9.59 Å². The van der Waals surface area contributed by atoms with Crippen molar-refractivity contribution in [2.45, 2.75) is 19.8 Å². The first-order valence-electron chi connectivity index (χ1n) is 4.31. The number of hydrogen-bond donors (Lipinski definition) is 0. The Kier molecular flexibility index (Phi) is 3.01. The highest BCUT2D eigenvalue weighted by Crippen LogP contribution is 2.12. The summed E-state index contributed by atoms with van der Waals surface area (Å²) < 4.78 is 5.14. The molecule has 0 aliphatic heterocycles. The second-order valence-electron chi connectivity index (χ2n) is 2.81. The zero-order valence-electron chi connectivity index (χ0n) is 7.63.